The van der Waals surface area contributed by atoms with Gasteiger partial charge < -0.3 is 15.4 Å². The third-order valence-electron chi connectivity index (χ3n) is 3.81. The summed E-state index contributed by atoms with van der Waals surface area (Å²) in [5.74, 6) is 0.440. The molecule has 8 heteroatoms. The van der Waals surface area contributed by atoms with E-state index in [9.17, 15) is 9.59 Å². The summed E-state index contributed by atoms with van der Waals surface area (Å²) in [5.41, 5.74) is 1.85. The molecule has 2 aromatic carbocycles. The second-order valence-corrected chi connectivity index (χ2v) is 5.75. The molecule has 28 heavy (non-hydrogen) atoms. The Kier molecular flexibility index (Phi) is 6.14. The zero-order chi connectivity index (χ0) is 19.8. The SMILES string of the molecule is COc1cc(C(=O)NCc2ccccc2)ccc1NC(=O)Nc1cnccn1. The first kappa shape index (κ1) is 18.8. The van der Waals surface area contributed by atoms with E-state index in [2.05, 4.69) is 25.9 Å². The van der Waals surface area contributed by atoms with Crippen molar-refractivity contribution in [3.8, 4) is 5.75 Å². The van der Waals surface area contributed by atoms with Crippen molar-refractivity contribution in [2.45, 2.75) is 6.54 Å². The topological polar surface area (TPSA) is 105 Å². The van der Waals surface area contributed by atoms with Gasteiger partial charge in [0.25, 0.3) is 5.91 Å². The molecule has 0 bridgehead atoms. The maximum Gasteiger partial charge on any atom is 0.324 e. The van der Waals surface area contributed by atoms with Gasteiger partial charge >= 0.3 is 6.03 Å². The molecular formula is C20H19N5O3. The van der Waals surface area contributed by atoms with Crippen molar-refractivity contribution in [2.75, 3.05) is 17.7 Å². The smallest absolute Gasteiger partial charge is 0.324 e. The first-order valence-corrected chi connectivity index (χ1v) is 8.50. The molecule has 3 N–H and O–H groups in total. The molecule has 3 rings (SSSR count). The van der Waals surface area contributed by atoms with Gasteiger partial charge in [-0.2, -0.15) is 0 Å². The predicted molar refractivity (Wildman–Crippen MR) is 105 cm³/mol. The number of amides is 3. The van der Waals surface area contributed by atoms with Crippen LogP contribution in [0.15, 0.2) is 67.1 Å². The average Bonchev–Trinajstić information content (AvgIpc) is 2.73. The highest BCUT2D eigenvalue weighted by molar-refractivity contribution is 6.01. The van der Waals surface area contributed by atoms with E-state index in [4.69, 9.17) is 4.74 Å². The van der Waals surface area contributed by atoms with Gasteiger partial charge in [-0.05, 0) is 23.8 Å². The largest absolute Gasteiger partial charge is 0.495 e. The summed E-state index contributed by atoms with van der Waals surface area (Å²) < 4.78 is 5.30. The maximum atomic E-state index is 12.4. The molecule has 0 spiro atoms. The second-order valence-electron chi connectivity index (χ2n) is 5.75. The van der Waals surface area contributed by atoms with E-state index >= 15 is 0 Å². The number of methoxy groups -OCH3 is 1. The average molecular weight is 377 g/mol. The normalized spacial score (nSPS) is 10.0. The number of carbonyl (C=O) groups is 2. The summed E-state index contributed by atoms with van der Waals surface area (Å²) in [6.07, 6.45) is 4.41. The molecular weight excluding hydrogens is 358 g/mol. The predicted octanol–water partition coefficient (Wildman–Crippen LogP) is 3.06. The Hall–Kier alpha value is -3.94. The highest BCUT2D eigenvalue weighted by Gasteiger charge is 2.12. The number of hydrogen-bond acceptors (Lipinski definition) is 5. The number of benzene rings is 2. The third kappa shape index (κ3) is 5.04. The lowest BCUT2D eigenvalue weighted by Crippen LogP contribution is -2.23. The van der Waals surface area contributed by atoms with Gasteiger partial charge in [-0.15, -0.1) is 0 Å². The number of nitrogens with zero attached hydrogens (tertiary/aromatic N) is 2. The van der Waals surface area contributed by atoms with Crippen LogP contribution in [0.1, 0.15) is 15.9 Å². The molecule has 8 nitrogen and oxygen atoms in total. The molecule has 3 amide bonds. The Morgan fingerprint density at radius 3 is 2.57 bits per heavy atom. The zero-order valence-electron chi connectivity index (χ0n) is 15.2. The van der Waals surface area contributed by atoms with Gasteiger partial charge in [-0.25, -0.2) is 9.78 Å². The second kappa shape index (κ2) is 9.13. The van der Waals surface area contributed by atoms with Gasteiger partial charge in [-0.1, -0.05) is 30.3 Å². The minimum atomic E-state index is -0.500. The van der Waals surface area contributed by atoms with Crippen molar-refractivity contribution < 1.29 is 14.3 Å². The van der Waals surface area contributed by atoms with Crippen LogP contribution in [0.5, 0.6) is 5.75 Å². The van der Waals surface area contributed by atoms with Crippen LogP contribution in [0, 0.1) is 0 Å². The van der Waals surface area contributed by atoms with E-state index in [0.29, 0.717) is 29.4 Å². The fourth-order valence-corrected chi connectivity index (χ4v) is 2.45. The molecule has 0 radical (unpaired) electrons. The summed E-state index contributed by atoms with van der Waals surface area (Å²) in [7, 11) is 1.47. The van der Waals surface area contributed by atoms with Crippen LogP contribution in [-0.2, 0) is 6.54 Å². The van der Waals surface area contributed by atoms with Gasteiger partial charge in [0.15, 0.2) is 5.82 Å². The fourth-order valence-electron chi connectivity index (χ4n) is 2.45. The number of aromatic nitrogens is 2. The van der Waals surface area contributed by atoms with Crippen molar-refractivity contribution in [3.63, 3.8) is 0 Å². The maximum absolute atomic E-state index is 12.4. The Morgan fingerprint density at radius 2 is 1.86 bits per heavy atom. The van der Waals surface area contributed by atoms with Gasteiger partial charge in [0, 0.05) is 24.5 Å². The molecule has 0 aliphatic heterocycles. The van der Waals surface area contributed by atoms with Crippen molar-refractivity contribution >= 4 is 23.4 Å². The first-order valence-electron chi connectivity index (χ1n) is 8.50. The van der Waals surface area contributed by atoms with Crippen molar-refractivity contribution in [2.24, 2.45) is 0 Å². The zero-order valence-corrected chi connectivity index (χ0v) is 15.2. The fraction of sp³-hybridized carbons (Fsp3) is 0.100. The Labute approximate surface area is 162 Å². The van der Waals surface area contributed by atoms with Crippen molar-refractivity contribution in [1.29, 1.82) is 0 Å². The molecule has 0 unspecified atom stereocenters. The van der Waals surface area contributed by atoms with E-state index < -0.39 is 6.03 Å². The molecule has 0 atom stereocenters. The summed E-state index contributed by atoms with van der Waals surface area (Å²) in [5, 5.41) is 8.07. The standard InChI is InChI=1S/C20H19N5O3/c1-28-17-11-15(19(26)23-12-14-5-3-2-4-6-14)7-8-16(17)24-20(27)25-18-13-21-9-10-22-18/h2-11,13H,12H2,1H3,(H,23,26)(H2,22,24,25,27). The van der Waals surface area contributed by atoms with E-state index in [-0.39, 0.29) is 5.91 Å². The van der Waals surface area contributed by atoms with Crippen LogP contribution in [-0.4, -0.2) is 29.0 Å². The van der Waals surface area contributed by atoms with Gasteiger partial charge in [0.2, 0.25) is 0 Å². The van der Waals surface area contributed by atoms with Crippen LogP contribution < -0.4 is 20.7 Å². The molecule has 1 aromatic heterocycles. The third-order valence-corrected chi connectivity index (χ3v) is 3.81. The summed E-state index contributed by atoms with van der Waals surface area (Å²) >= 11 is 0. The van der Waals surface area contributed by atoms with Gasteiger partial charge in [0.1, 0.15) is 5.75 Å². The minimum absolute atomic E-state index is 0.238. The van der Waals surface area contributed by atoms with E-state index in [1.807, 2.05) is 30.3 Å². The van der Waals surface area contributed by atoms with Crippen LogP contribution >= 0.6 is 0 Å². The lowest BCUT2D eigenvalue weighted by Gasteiger charge is -2.12. The lowest BCUT2D eigenvalue weighted by atomic mass is 10.1. The summed E-state index contributed by atoms with van der Waals surface area (Å²) in [4.78, 5) is 32.3. The number of hydrogen-bond donors (Lipinski definition) is 3. The number of rotatable bonds is 6. The first-order chi connectivity index (χ1) is 13.7. The molecule has 142 valence electrons. The molecule has 0 aliphatic carbocycles. The molecule has 1 heterocycles. The van der Waals surface area contributed by atoms with E-state index in [1.54, 1.807) is 18.2 Å². The molecule has 0 aliphatic rings. The van der Waals surface area contributed by atoms with Gasteiger partial charge in [-0.3, -0.25) is 15.1 Å². The Balaban J connectivity index is 1.64. The number of urea groups is 1. The van der Waals surface area contributed by atoms with Gasteiger partial charge in [0.05, 0.1) is 19.0 Å². The van der Waals surface area contributed by atoms with E-state index in [1.165, 1.54) is 25.7 Å². The minimum Gasteiger partial charge on any atom is -0.495 e. The molecule has 0 saturated heterocycles. The molecule has 3 aromatic rings. The number of carbonyl (C=O) groups excluding carboxylic acids is 2. The van der Waals surface area contributed by atoms with Crippen molar-refractivity contribution in [3.05, 3.63) is 78.2 Å². The quantitative estimate of drug-likeness (QED) is 0.612. The van der Waals surface area contributed by atoms with Crippen LogP contribution in [0.4, 0.5) is 16.3 Å². The summed E-state index contributed by atoms with van der Waals surface area (Å²) in [6.45, 7) is 0.419. The molecule has 0 fully saturated rings. The summed E-state index contributed by atoms with van der Waals surface area (Å²) in [6, 6.07) is 13.9. The number of ether oxygens (including phenoxy) is 1. The number of nitrogens with one attached hydrogen (secondary N) is 3. The van der Waals surface area contributed by atoms with Crippen LogP contribution in [0.25, 0.3) is 0 Å². The van der Waals surface area contributed by atoms with Crippen molar-refractivity contribution in [1.82, 2.24) is 15.3 Å². The molecule has 0 saturated carbocycles. The Morgan fingerprint density at radius 1 is 1.04 bits per heavy atom. The Bertz CT molecular complexity index is 949. The van der Waals surface area contributed by atoms with Crippen LogP contribution in [0.3, 0.4) is 0 Å². The number of anilines is 2. The monoisotopic (exact) mass is 377 g/mol. The van der Waals surface area contributed by atoms with E-state index in [0.717, 1.165) is 5.56 Å². The van der Waals surface area contributed by atoms with Crippen LogP contribution in [0.2, 0.25) is 0 Å². The highest BCUT2D eigenvalue weighted by Crippen LogP contribution is 2.25. The lowest BCUT2D eigenvalue weighted by molar-refractivity contribution is 0.0950. The highest BCUT2D eigenvalue weighted by atomic mass is 16.5.